The highest BCUT2D eigenvalue weighted by Crippen LogP contribution is 2.35. The van der Waals surface area contributed by atoms with Crippen LogP contribution in [-0.4, -0.2) is 57.0 Å². The number of phenols is 2. The molecule has 8 nitrogen and oxygen atoms in total. The number of aromatic hydroxyl groups is 2. The van der Waals surface area contributed by atoms with Gasteiger partial charge in [-0.15, -0.1) is 0 Å². The Balaban J connectivity index is 1.26. The van der Waals surface area contributed by atoms with Crippen LogP contribution in [0.2, 0.25) is 0 Å². The van der Waals surface area contributed by atoms with Crippen molar-refractivity contribution in [1.29, 1.82) is 0 Å². The van der Waals surface area contributed by atoms with Crippen LogP contribution >= 0.6 is 0 Å². The number of aliphatic hydroxyl groups excluding tert-OH is 2. The number of phenolic OH excluding ortho intramolecular Hbond substituents is 2. The second kappa shape index (κ2) is 14.4. The highest BCUT2D eigenvalue weighted by Gasteiger charge is 2.32. The fraction of sp³-hybridized carbons (Fsp3) is 0.613. The van der Waals surface area contributed by atoms with Gasteiger partial charge in [0.25, 0.3) is 0 Å². The number of benzene rings is 2. The van der Waals surface area contributed by atoms with Crippen LogP contribution in [0.5, 0.6) is 11.5 Å². The SMILES string of the molecule is CC(O)CCCC1CC(CCCC(O)CC2CC(C)OC(c3ccc(O)cc3)O2)OC(c2ccc(O)cc2)O1. The second-order valence-electron chi connectivity index (χ2n) is 11.1. The van der Waals surface area contributed by atoms with Crippen LogP contribution in [0, 0.1) is 0 Å². The highest BCUT2D eigenvalue weighted by atomic mass is 16.7. The van der Waals surface area contributed by atoms with Crippen molar-refractivity contribution >= 4 is 0 Å². The molecule has 2 saturated heterocycles. The lowest BCUT2D eigenvalue weighted by molar-refractivity contribution is -0.251. The average molecular weight is 545 g/mol. The third kappa shape index (κ3) is 9.45. The monoisotopic (exact) mass is 544 g/mol. The van der Waals surface area contributed by atoms with Crippen molar-refractivity contribution in [3.05, 3.63) is 59.7 Å². The molecule has 2 fully saturated rings. The molecule has 2 aliphatic heterocycles. The molecule has 2 aromatic rings. The first kappa shape index (κ1) is 29.8. The van der Waals surface area contributed by atoms with Gasteiger partial charge in [0.15, 0.2) is 12.6 Å². The molecule has 0 bridgehead atoms. The van der Waals surface area contributed by atoms with E-state index in [9.17, 15) is 20.4 Å². The Labute approximate surface area is 231 Å². The maximum absolute atomic E-state index is 10.8. The Kier molecular flexibility index (Phi) is 11.0. The van der Waals surface area contributed by atoms with Crippen molar-refractivity contribution in [2.45, 2.75) is 121 Å². The van der Waals surface area contributed by atoms with Crippen LogP contribution in [0.4, 0.5) is 0 Å². The van der Waals surface area contributed by atoms with Crippen LogP contribution in [0.3, 0.4) is 0 Å². The number of rotatable bonds is 12. The maximum Gasteiger partial charge on any atom is 0.184 e. The van der Waals surface area contributed by atoms with Crippen molar-refractivity contribution in [2.24, 2.45) is 0 Å². The number of hydrogen-bond donors (Lipinski definition) is 4. The Morgan fingerprint density at radius 2 is 1.18 bits per heavy atom. The molecule has 0 aliphatic carbocycles. The van der Waals surface area contributed by atoms with Crippen LogP contribution < -0.4 is 0 Å². The first-order valence-electron chi connectivity index (χ1n) is 14.3. The molecule has 2 aromatic carbocycles. The van der Waals surface area contributed by atoms with Crippen molar-refractivity contribution < 1.29 is 39.4 Å². The first-order valence-corrected chi connectivity index (χ1v) is 14.3. The van der Waals surface area contributed by atoms with Crippen LogP contribution in [0.1, 0.15) is 95.3 Å². The molecular weight excluding hydrogens is 500 g/mol. The van der Waals surface area contributed by atoms with E-state index < -0.39 is 18.7 Å². The normalized spacial score (nSPS) is 29.1. The largest absolute Gasteiger partial charge is 0.508 e. The summed E-state index contributed by atoms with van der Waals surface area (Å²) in [6, 6.07) is 13.7. The highest BCUT2D eigenvalue weighted by molar-refractivity contribution is 5.27. The molecule has 8 atom stereocenters. The number of aliphatic hydroxyl groups is 2. The van der Waals surface area contributed by atoms with Crippen LogP contribution in [0.15, 0.2) is 48.5 Å². The van der Waals surface area contributed by atoms with E-state index in [0.29, 0.717) is 12.8 Å². The smallest absolute Gasteiger partial charge is 0.184 e. The lowest BCUT2D eigenvalue weighted by Gasteiger charge is -2.37. The van der Waals surface area contributed by atoms with Gasteiger partial charge in [-0.3, -0.25) is 0 Å². The number of ether oxygens (including phenoxy) is 4. The predicted octanol–water partition coefficient (Wildman–Crippen LogP) is 5.64. The molecule has 216 valence electrons. The van der Waals surface area contributed by atoms with E-state index in [1.54, 1.807) is 43.3 Å². The first-order chi connectivity index (χ1) is 18.7. The van der Waals surface area contributed by atoms with Crippen molar-refractivity contribution in [3.63, 3.8) is 0 Å². The predicted molar refractivity (Wildman–Crippen MR) is 146 cm³/mol. The molecule has 0 saturated carbocycles. The summed E-state index contributed by atoms with van der Waals surface area (Å²) in [5.41, 5.74) is 1.72. The minimum absolute atomic E-state index is 0.000433. The van der Waals surface area contributed by atoms with E-state index in [4.69, 9.17) is 18.9 Å². The minimum atomic E-state index is -0.509. The van der Waals surface area contributed by atoms with Gasteiger partial charge in [-0.1, -0.05) is 24.3 Å². The summed E-state index contributed by atoms with van der Waals surface area (Å²) in [6.07, 6.45) is 4.87. The molecule has 2 aliphatic rings. The molecule has 2 heterocycles. The molecule has 39 heavy (non-hydrogen) atoms. The van der Waals surface area contributed by atoms with E-state index in [1.165, 1.54) is 0 Å². The van der Waals surface area contributed by atoms with E-state index in [2.05, 4.69) is 0 Å². The Hall–Kier alpha value is -2.20. The van der Waals surface area contributed by atoms with Crippen molar-refractivity contribution in [2.75, 3.05) is 0 Å². The molecule has 0 spiro atoms. The number of hydrogen-bond acceptors (Lipinski definition) is 8. The van der Waals surface area contributed by atoms with Crippen LogP contribution in [0.25, 0.3) is 0 Å². The van der Waals surface area contributed by atoms with E-state index in [0.717, 1.165) is 56.1 Å². The van der Waals surface area contributed by atoms with Gasteiger partial charge in [-0.05, 0) is 89.5 Å². The third-order valence-electron chi connectivity index (χ3n) is 7.50. The molecule has 0 radical (unpaired) electrons. The topological polar surface area (TPSA) is 118 Å². The van der Waals surface area contributed by atoms with Gasteiger partial charge in [0.2, 0.25) is 0 Å². The lowest BCUT2D eigenvalue weighted by Crippen LogP contribution is -2.35. The van der Waals surface area contributed by atoms with Gasteiger partial charge >= 0.3 is 0 Å². The van der Waals surface area contributed by atoms with Gasteiger partial charge in [0.05, 0.1) is 36.6 Å². The molecule has 0 amide bonds. The molecule has 8 heteroatoms. The average Bonchev–Trinajstić information content (AvgIpc) is 2.89. The summed E-state index contributed by atoms with van der Waals surface area (Å²) in [6.45, 7) is 3.82. The standard InChI is InChI=1S/C31H44O8/c1-20(32)5-3-7-27-19-28(38-31(37-27)23-11-15-25(34)16-12-23)8-4-6-26(35)18-29-17-21(2)36-30(39-29)22-9-13-24(33)14-10-22/h9-16,20-21,26-35H,3-8,17-19H2,1-2H3. The minimum Gasteiger partial charge on any atom is -0.508 e. The third-order valence-corrected chi connectivity index (χ3v) is 7.50. The zero-order valence-corrected chi connectivity index (χ0v) is 23.0. The summed E-state index contributed by atoms with van der Waals surface area (Å²) < 4.78 is 24.6. The van der Waals surface area contributed by atoms with Gasteiger partial charge in [-0.25, -0.2) is 0 Å². The zero-order valence-electron chi connectivity index (χ0n) is 23.0. The molecular formula is C31H44O8. The Morgan fingerprint density at radius 1 is 0.692 bits per heavy atom. The van der Waals surface area contributed by atoms with E-state index in [1.807, 2.05) is 19.1 Å². The van der Waals surface area contributed by atoms with Gasteiger partial charge < -0.3 is 39.4 Å². The van der Waals surface area contributed by atoms with E-state index >= 15 is 0 Å². The summed E-state index contributed by atoms with van der Waals surface area (Å²) in [4.78, 5) is 0. The lowest BCUT2D eigenvalue weighted by atomic mass is 9.96. The summed E-state index contributed by atoms with van der Waals surface area (Å²) in [5.74, 6) is 0.398. The van der Waals surface area contributed by atoms with Crippen LogP contribution in [-0.2, 0) is 18.9 Å². The van der Waals surface area contributed by atoms with Gasteiger partial charge in [0, 0.05) is 17.5 Å². The Morgan fingerprint density at radius 3 is 1.72 bits per heavy atom. The maximum atomic E-state index is 10.8. The molecule has 4 rings (SSSR count). The fourth-order valence-corrected chi connectivity index (χ4v) is 5.43. The van der Waals surface area contributed by atoms with Gasteiger partial charge in [0.1, 0.15) is 11.5 Å². The van der Waals surface area contributed by atoms with Crippen molar-refractivity contribution in [1.82, 2.24) is 0 Å². The molecule has 4 N–H and O–H groups in total. The summed E-state index contributed by atoms with van der Waals surface area (Å²) in [5, 5.41) is 39.7. The van der Waals surface area contributed by atoms with Gasteiger partial charge in [-0.2, -0.15) is 0 Å². The quantitative estimate of drug-likeness (QED) is 0.271. The van der Waals surface area contributed by atoms with Crippen molar-refractivity contribution in [3.8, 4) is 11.5 Å². The molecule has 0 aromatic heterocycles. The second-order valence-corrected chi connectivity index (χ2v) is 11.1. The Bertz CT molecular complexity index is 979. The zero-order chi connectivity index (χ0) is 27.8. The fourth-order valence-electron chi connectivity index (χ4n) is 5.43. The summed E-state index contributed by atoms with van der Waals surface area (Å²) in [7, 11) is 0. The summed E-state index contributed by atoms with van der Waals surface area (Å²) >= 11 is 0. The molecule has 8 unspecified atom stereocenters. The van der Waals surface area contributed by atoms with E-state index in [-0.39, 0.29) is 42.0 Å².